The van der Waals surface area contributed by atoms with Gasteiger partial charge in [0.1, 0.15) is 5.82 Å². The average Bonchev–Trinajstić information content (AvgIpc) is 2.42. The number of carbonyl (C=O) groups excluding carboxylic acids is 1. The fraction of sp³-hybridized carbons (Fsp3) is 0.0714. The Kier molecular flexibility index (Phi) is 4.71. The van der Waals surface area contributed by atoms with Crippen LogP contribution >= 0.6 is 31.9 Å². The van der Waals surface area contributed by atoms with E-state index >= 15 is 0 Å². The summed E-state index contributed by atoms with van der Waals surface area (Å²) in [7, 11) is 0. The molecule has 2 rings (SSSR count). The first-order chi connectivity index (χ1) is 9.11. The van der Waals surface area contributed by atoms with E-state index in [-0.39, 0.29) is 11.5 Å². The number of para-hydroxylation sites is 1. The average molecular weight is 387 g/mol. The standard InChI is InChI=1S/C14H10Br2FNO/c15-8-9-3-1-2-4-13(9)18-14(19)11-7-10(17)5-6-12(11)16/h1-7H,8H2,(H,18,19). The fourth-order valence-corrected chi connectivity index (χ4v) is 2.54. The molecule has 2 aromatic carbocycles. The highest BCUT2D eigenvalue weighted by molar-refractivity contribution is 9.10. The smallest absolute Gasteiger partial charge is 0.256 e. The van der Waals surface area contributed by atoms with Gasteiger partial charge in [0.25, 0.3) is 5.91 Å². The van der Waals surface area contributed by atoms with Gasteiger partial charge in [-0.2, -0.15) is 0 Å². The number of amides is 1. The summed E-state index contributed by atoms with van der Waals surface area (Å²) in [6.45, 7) is 0. The predicted molar refractivity (Wildman–Crippen MR) is 81.1 cm³/mol. The number of halogens is 3. The molecule has 1 amide bonds. The highest BCUT2D eigenvalue weighted by Crippen LogP contribution is 2.22. The number of hydrogen-bond donors (Lipinski definition) is 1. The Morgan fingerprint density at radius 2 is 1.95 bits per heavy atom. The fourth-order valence-electron chi connectivity index (χ4n) is 1.62. The quantitative estimate of drug-likeness (QED) is 0.758. The van der Waals surface area contributed by atoms with Crippen LogP contribution in [-0.2, 0) is 5.33 Å². The molecular weight excluding hydrogens is 377 g/mol. The molecule has 2 nitrogen and oxygen atoms in total. The molecule has 98 valence electrons. The van der Waals surface area contributed by atoms with Crippen molar-refractivity contribution in [3.8, 4) is 0 Å². The molecule has 0 atom stereocenters. The molecule has 1 N–H and O–H groups in total. The normalized spacial score (nSPS) is 10.3. The summed E-state index contributed by atoms with van der Waals surface area (Å²) >= 11 is 6.60. The minimum Gasteiger partial charge on any atom is -0.322 e. The van der Waals surface area contributed by atoms with Crippen LogP contribution in [0.5, 0.6) is 0 Å². The minimum absolute atomic E-state index is 0.268. The van der Waals surface area contributed by atoms with Crippen molar-refractivity contribution in [1.82, 2.24) is 0 Å². The number of alkyl halides is 1. The zero-order chi connectivity index (χ0) is 13.8. The Balaban J connectivity index is 2.28. The van der Waals surface area contributed by atoms with E-state index in [1.165, 1.54) is 18.2 Å². The maximum absolute atomic E-state index is 13.2. The van der Waals surface area contributed by atoms with E-state index < -0.39 is 5.82 Å². The lowest BCUT2D eigenvalue weighted by atomic mass is 10.1. The SMILES string of the molecule is O=C(Nc1ccccc1CBr)c1cc(F)ccc1Br. The summed E-state index contributed by atoms with van der Waals surface area (Å²) in [5, 5.41) is 3.41. The predicted octanol–water partition coefficient (Wildman–Crippen LogP) is 4.74. The van der Waals surface area contributed by atoms with Crippen molar-refractivity contribution < 1.29 is 9.18 Å². The third-order valence-corrected chi connectivity index (χ3v) is 3.88. The van der Waals surface area contributed by atoms with Gasteiger partial charge in [-0.25, -0.2) is 4.39 Å². The van der Waals surface area contributed by atoms with Crippen LogP contribution in [0.1, 0.15) is 15.9 Å². The Labute approximate surface area is 127 Å². The second-order valence-electron chi connectivity index (χ2n) is 3.87. The molecule has 0 bridgehead atoms. The van der Waals surface area contributed by atoms with Crippen LogP contribution in [0, 0.1) is 5.82 Å². The van der Waals surface area contributed by atoms with Crippen molar-refractivity contribution in [1.29, 1.82) is 0 Å². The summed E-state index contributed by atoms with van der Waals surface area (Å²) in [6.07, 6.45) is 0. The van der Waals surface area contributed by atoms with Crippen LogP contribution in [-0.4, -0.2) is 5.91 Å². The zero-order valence-electron chi connectivity index (χ0n) is 9.79. The van der Waals surface area contributed by atoms with E-state index in [0.29, 0.717) is 15.5 Å². The maximum Gasteiger partial charge on any atom is 0.256 e. The minimum atomic E-state index is -0.442. The van der Waals surface area contributed by atoms with E-state index in [1.807, 2.05) is 24.3 Å². The first-order valence-electron chi connectivity index (χ1n) is 5.52. The van der Waals surface area contributed by atoms with Crippen LogP contribution in [0.15, 0.2) is 46.9 Å². The molecule has 0 aliphatic carbocycles. The second kappa shape index (κ2) is 6.30. The first kappa shape index (κ1) is 14.2. The van der Waals surface area contributed by atoms with Gasteiger partial charge < -0.3 is 5.32 Å². The van der Waals surface area contributed by atoms with Gasteiger partial charge >= 0.3 is 0 Å². The summed E-state index contributed by atoms with van der Waals surface area (Å²) in [4.78, 5) is 12.1. The molecule has 0 saturated carbocycles. The summed E-state index contributed by atoms with van der Waals surface area (Å²) in [5.41, 5.74) is 1.94. The van der Waals surface area contributed by atoms with Crippen LogP contribution in [0.2, 0.25) is 0 Å². The Bertz CT molecular complexity index is 616. The largest absolute Gasteiger partial charge is 0.322 e. The van der Waals surface area contributed by atoms with Crippen molar-refractivity contribution in [2.45, 2.75) is 5.33 Å². The van der Waals surface area contributed by atoms with Crippen LogP contribution in [0.3, 0.4) is 0 Å². The summed E-state index contributed by atoms with van der Waals surface area (Å²) < 4.78 is 13.7. The third kappa shape index (κ3) is 3.42. The number of anilines is 1. The maximum atomic E-state index is 13.2. The molecule has 19 heavy (non-hydrogen) atoms. The molecular formula is C14H10Br2FNO. The molecule has 0 heterocycles. The van der Waals surface area contributed by atoms with Crippen molar-refractivity contribution in [2.24, 2.45) is 0 Å². The number of rotatable bonds is 3. The topological polar surface area (TPSA) is 29.1 Å². The summed E-state index contributed by atoms with van der Waals surface area (Å²) in [5.74, 6) is -0.790. The summed E-state index contributed by atoms with van der Waals surface area (Å²) in [6, 6.07) is 11.5. The van der Waals surface area contributed by atoms with Gasteiger partial charge in [-0.1, -0.05) is 34.1 Å². The van der Waals surface area contributed by atoms with Crippen LogP contribution in [0.4, 0.5) is 10.1 Å². The van der Waals surface area contributed by atoms with E-state index in [0.717, 1.165) is 5.56 Å². The van der Waals surface area contributed by atoms with Crippen molar-refractivity contribution in [3.05, 3.63) is 63.9 Å². The molecule has 0 radical (unpaired) electrons. The van der Waals surface area contributed by atoms with Gasteiger partial charge in [0.2, 0.25) is 0 Å². The highest BCUT2D eigenvalue weighted by atomic mass is 79.9. The molecule has 5 heteroatoms. The Morgan fingerprint density at radius 3 is 2.68 bits per heavy atom. The van der Waals surface area contributed by atoms with E-state index in [2.05, 4.69) is 37.2 Å². The van der Waals surface area contributed by atoms with Crippen LogP contribution < -0.4 is 5.32 Å². The Hall–Kier alpha value is -1.20. The lowest BCUT2D eigenvalue weighted by Gasteiger charge is -2.10. The van der Waals surface area contributed by atoms with E-state index in [4.69, 9.17) is 0 Å². The number of hydrogen-bond acceptors (Lipinski definition) is 1. The number of carbonyl (C=O) groups is 1. The first-order valence-corrected chi connectivity index (χ1v) is 7.43. The van der Waals surface area contributed by atoms with Gasteiger partial charge in [-0.15, -0.1) is 0 Å². The lowest BCUT2D eigenvalue weighted by molar-refractivity contribution is 0.102. The Morgan fingerprint density at radius 1 is 1.21 bits per heavy atom. The van der Waals surface area contributed by atoms with Crippen molar-refractivity contribution in [3.63, 3.8) is 0 Å². The van der Waals surface area contributed by atoms with Gasteiger partial charge in [-0.3, -0.25) is 4.79 Å². The number of benzene rings is 2. The molecule has 0 unspecified atom stereocenters. The molecule has 0 aliphatic rings. The van der Waals surface area contributed by atoms with Gasteiger partial charge in [0, 0.05) is 15.5 Å². The number of nitrogens with one attached hydrogen (secondary N) is 1. The molecule has 0 saturated heterocycles. The zero-order valence-corrected chi connectivity index (χ0v) is 13.0. The lowest BCUT2D eigenvalue weighted by Crippen LogP contribution is -2.14. The third-order valence-electron chi connectivity index (χ3n) is 2.58. The van der Waals surface area contributed by atoms with E-state index in [9.17, 15) is 9.18 Å². The second-order valence-corrected chi connectivity index (χ2v) is 5.28. The molecule has 0 aliphatic heterocycles. The monoisotopic (exact) mass is 385 g/mol. The van der Waals surface area contributed by atoms with Gasteiger partial charge in [0.15, 0.2) is 0 Å². The van der Waals surface area contributed by atoms with Crippen molar-refractivity contribution >= 4 is 43.5 Å². The van der Waals surface area contributed by atoms with E-state index in [1.54, 1.807) is 0 Å². The molecule has 2 aromatic rings. The van der Waals surface area contributed by atoms with Gasteiger partial charge in [-0.05, 0) is 45.8 Å². The van der Waals surface area contributed by atoms with Crippen molar-refractivity contribution in [2.75, 3.05) is 5.32 Å². The van der Waals surface area contributed by atoms with Crippen LogP contribution in [0.25, 0.3) is 0 Å². The molecule has 0 spiro atoms. The highest BCUT2D eigenvalue weighted by Gasteiger charge is 2.12. The van der Waals surface area contributed by atoms with Gasteiger partial charge in [0.05, 0.1) is 5.56 Å². The molecule has 0 aromatic heterocycles. The molecule has 0 fully saturated rings.